The lowest BCUT2D eigenvalue weighted by Crippen LogP contribution is -2.49. The number of piperazine rings is 1. The number of carbonyl (C=O) groups is 2. The van der Waals surface area contributed by atoms with Gasteiger partial charge in [0.15, 0.2) is 0 Å². The van der Waals surface area contributed by atoms with Gasteiger partial charge in [0.25, 0.3) is 5.91 Å². The van der Waals surface area contributed by atoms with E-state index < -0.39 is 17.6 Å². The van der Waals surface area contributed by atoms with Crippen LogP contribution in [0.5, 0.6) is 0 Å². The molecule has 1 aliphatic heterocycles. The first-order valence-electron chi connectivity index (χ1n) is 11.4. The number of alkyl halides is 3. The van der Waals surface area contributed by atoms with Gasteiger partial charge in [0.1, 0.15) is 0 Å². The van der Waals surface area contributed by atoms with E-state index >= 15 is 0 Å². The number of benzene rings is 3. The molecule has 1 N–H and O–H groups in total. The van der Waals surface area contributed by atoms with Crippen LogP contribution in [-0.4, -0.2) is 42.9 Å². The second-order valence-electron chi connectivity index (χ2n) is 8.55. The third-order valence-electron chi connectivity index (χ3n) is 6.20. The number of amides is 2. The van der Waals surface area contributed by atoms with Crippen LogP contribution in [0.15, 0.2) is 72.8 Å². The van der Waals surface area contributed by atoms with Crippen molar-refractivity contribution in [2.24, 2.45) is 0 Å². The zero-order chi connectivity index (χ0) is 25.0. The lowest BCUT2D eigenvalue weighted by Gasteiger charge is -2.36. The fourth-order valence-electron chi connectivity index (χ4n) is 4.07. The van der Waals surface area contributed by atoms with Crippen molar-refractivity contribution >= 4 is 23.2 Å². The van der Waals surface area contributed by atoms with Crippen molar-refractivity contribution in [2.45, 2.75) is 19.5 Å². The van der Waals surface area contributed by atoms with Crippen molar-refractivity contribution in [2.75, 3.05) is 36.4 Å². The Morgan fingerprint density at radius 1 is 0.857 bits per heavy atom. The highest BCUT2D eigenvalue weighted by molar-refractivity contribution is 6.04. The van der Waals surface area contributed by atoms with Crippen LogP contribution < -0.4 is 10.2 Å². The molecule has 8 heteroatoms. The van der Waals surface area contributed by atoms with Crippen molar-refractivity contribution in [3.8, 4) is 0 Å². The molecule has 0 atom stereocenters. The quantitative estimate of drug-likeness (QED) is 0.548. The van der Waals surface area contributed by atoms with Crippen LogP contribution in [0.3, 0.4) is 0 Å². The molecule has 0 saturated carbocycles. The van der Waals surface area contributed by atoms with E-state index in [4.69, 9.17) is 0 Å². The van der Waals surface area contributed by atoms with Crippen LogP contribution in [0.2, 0.25) is 0 Å². The maximum Gasteiger partial charge on any atom is 0.416 e. The Bertz CT molecular complexity index is 1180. The first-order valence-corrected chi connectivity index (χ1v) is 11.4. The van der Waals surface area contributed by atoms with E-state index in [2.05, 4.69) is 10.2 Å². The van der Waals surface area contributed by atoms with E-state index in [1.54, 1.807) is 12.1 Å². The summed E-state index contributed by atoms with van der Waals surface area (Å²) in [4.78, 5) is 29.1. The van der Waals surface area contributed by atoms with Crippen LogP contribution in [0.4, 0.5) is 24.5 Å². The summed E-state index contributed by atoms with van der Waals surface area (Å²) in [6.45, 7) is 4.69. The molecule has 0 bridgehead atoms. The molecule has 0 aromatic heterocycles. The summed E-state index contributed by atoms with van der Waals surface area (Å²) in [6.07, 6.45) is -4.04. The number of nitrogens with zero attached hydrogens (tertiary/aromatic N) is 2. The molecule has 1 aliphatic rings. The first-order chi connectivity index (χ1) is 16.7. The van der Waals surface area contributed by atoms with E-state index in [1.807, 2.05) is 48.2 Å². The minimum atomic E-state index is -4.44. The van der Waals surface area contributed by atoms with Gasteiger partial charge in [-0.15, -0.1) is 0 Å². The van der Waals surface area contributed by atoms with Crippen molar-refractivity contribution in [3.63, 3.8) is 0 Å². The minimum Gasteiger partial charge on any atom is -0.368 e. The number of rotatable bonds is 5. The Balaban J connectivity index is 1.29. The molecule has 0 radical (unpaired) electrons. The number of nitrogens with one attached hydrogen (secondary N) is 1. The molecular weight excluding hydrogens is 455 g/mol. The maximum absolute atomic E-state index is 12.7. The maximum atomic E-state index is 12.7. The molecule has 4 rings (SSSR count). The summed E-state index contributed by atoms with van der Waals surface area (Å²) in [5, 5.41) is 2.70. The largest absolute Gasteiger partial charge is 0.416 e. The monoisotopic (exact) mass is 481 g/mol. The molecule has 1 fully saturated rings. The third kappa shape index (κ3) is 6.01. The average Bonchev–Trinajstić information content (AvgIpc) is 2.85. The molecule has 35 heavy (non-hydrogen) atoms. The lowest BCUT2D eigenvalue weighted by molar-refractivity contribution is -0.137. The van der Waals surface area contributed by atoms with Crippen LogP contribution in [0, 0.1) is 6.92 Å². The van der Waals surface area contributed by atoms with Crippen molar-refractivity contribution in [1.82, 2.24) is 4.90 Å². The number of hydrogen-bond donors (Lipinski definition) is 1. The highest BCUT2D eigenvalue weighted by Crippen LogP contribution is 2.29. The van der Waals surface area contributed by atoms with Crippen LogP contribution in [-0.2, 0) is 17.4 Å². The van der Waals surface area contributed by atoms with Gasteiger partial charge in [-0.1, -0.05) is 24.3 Å². The van der Waals surface area contributed by atoms with Gasteiger partial charge < -0.3 is 15.1 Å². The Labute approximate surface area is 202 Å². The Kier molecular flexibility index (Phi) is 7.10. The van der Waals surface area contributed by atoms with Gasteiger partial charge >= 0.3 is 6.18 Å². The van der Waals surface area contributed by atoms with E-state index in [0.29, 0.717) is 38.3 Å². The Morgan fingerprint density at radius 3 is 2.09 bits per heavy atom. The van der Waals surface area contributed by atoms with Crippen LogP contribution in [0.25, 0.3) is 0 Å². The number of hydrogen-bond acceptors (Lipinski definition) is 3. The summed E-state index contributed by atoms with van der Waals surface area (Å²) in [7, 11) is 0. The average molecular weight is 482 g/mol. The van der Waals surface area contributed by atoms with Gasteiger partial charge in [-0.25, -0.2) is 0 Å². The molecule has 1 heterocycles. The topological polar surface area (TPSA) is 52.7 Å². The van der Waals surface area contributed by atoms with Gasteiger partial charge in [0.2, 0.25) is 5.91 Å². The lowest BCUT2D eigenvalue weighted by atomic mass is 10.1. The molecular formula is C27H26F3N3O2. The zero-order valence-corrected chi connectivity index (χ0v) is 19.3. The molecule has 0 aliphatic carbocycles. The highest BCUT2D eigenvalue weighted by Gasteiger charge is 2.30. The van der Waals surface area contributed by atoms with E-state index in [1.165, 1.54) is 0 Å². The molecule has 0 unspecified atom stereocenters. The van der Waals surface area contributed by atoms with Crippen LogP contribution >= 0.6 is 0 Å². The molecule has 0 spiro atoms. The first kappa shape index (κ1) is 24.3. The highest BCUT2D eigenvalue weighted by atomic mass is 19.4. The van der Waals surface area contributed by atoms with Gasteiger partial charge in [-0.2, -0.15) is 13.2 Å². The van der Waals surface area contributed by atoms with Crippen LogP contribution in [0.1, 0.15) is 27.0 Å². The predicted molar refractivity (Wildman–Crippen MR) is 130 cm³/mol. The number of aryl methyl sites for hydroxylation is 1. The SMILES string of the molecule is Cc1ccccc1CC(=O)N1CCN(c2ccc(NC(=O)c3ccc(C(F)(F)F)cc3)cc2)CC1. The molecule has 2 amide bonds. The number of halogens is 3. The zero-order valence-electron chi connectivity index (χ0n) is 19.3. The third-order valence-corrected chi connectivity index (χ3v) is 6.20. The van der Waals surface area contributed by atoms with E-state index in [9.17, 15) is 22.8 Å². The Hall–Kier alpha value is -3.81. The second-order valence-corrected chi connectivity index (χ2v) is 8.55. The minimum absolute atomic E-state index is 0.125. The molecule has 182 valence electrons. The molecule has 5 nitrogen and oxygen atoms in total. The summed E-state index contributed by atoms with van der Waals surface area (Å²) in [5.41, 5.74) is 3.04. The predicted octanol–water partition coefficient (Wildman–Crippen LogP) is 5.16. The summed E-state index contributed by atoms with van der Waals surface area (Å²) >= 11 is 0. The van der Waals surface area contributed by atoms with Crippen molar-refractivity contribution in [3.05, 3.63) is 95.1 Å². The Morgan fingerprint density at radius 2 is 1.49 bits per heavy atom. The normalized spacial score (nSPS) is 14.1. The second kappa shape index (κ2) is 10.2. The molecule has 3 aromatic carbocycles. The summed E-state index contributed by atoms with van der Waals surface area (Å²) in [5.74, 6) is -0.354. The van der Waals surface area contributed by atoms with Crippen molar-refractivity contribution < 1.29 is 22.8 Å². The van der Waals surface area contributed by atoms with Gasteiger partial charge in [-0.3, -0.25) is 9.59 Å². The van der Waals surface area contributed by atoms with Crippen molar-refractivity contribution in [1.29, 1.82) is 0 Å². The molecule has 3 aromatic rings. The van der Waals surface area contributed by atoms with Gasteiger partial charge in [0.05, 0.1) is 12.0 Å². The van der Waals surface area contributed by atoms with E-state index in [0.717, 1.165) is 41.1 Å². The summed E-state index contributed by atoms with van der Waals surface area (Å²) < 4.78 is 38.1. The fraction of sp³-hybridized carbons (Fsp3) is 0.259. The van der Waals surface area contributed by atoms with E-state index in [-0.39, 0.29) is 11.5 Å². The molecule has 1 saturated heterocycles. The standard InChI is InChI=1S/C27H26F3N3O2/c1-19-4-2-3-5-21(19)18-25(34)33-16-14-32(15-17-33)24-12-10-23(11-13-24)31-26(35)20-6-8-22(9-7-20)27(28,29)30/h2-13H,14-18H2,1H3,(H,31,35). The van der Waals surface area contributed by atoms with Gasteiger partial charge in [0, 0.05) is 43.1 Å². The fourth-order valence-corrected chi connectivity index (χ4v) is 4.07. The summed E-state index contributed by atoms with van der Waals surface area (Å²) in [6, 6.07) is 19.3. The number of carbonyl (C=O) groups excluding carboxylic acids is 2. The van der Waals surface area contributed by atoms with Gasteiger partial charge in [-0.05, 0) is 66.6 Å². The number of anilines is 2. The smallest absolute Gasteiger partial charge is 0.368 e.